The average Bonchev–Trinajstić information content (AvgIpc) is 3.31. The van der Waals surface area contributed by atoms with Crippen LogP contribution in [-0.2, 0) is 13.1 Å². The number of hydrogen-bond donors (Lipinski definition) is 2. The molecule has 134 valence electrons. The maximum Gasteiger partial charge on any atom is 0.318 e. The molecule has 0 unspecified atom stereocenters. The quantitative estimate of drug-likeness (QED) is 0.813. The average molecular weight is 342 g/mol. The lowest BCUT2D eigenvalue weighted by atomic mass is 10.2. The maximum absolute atomic E-state index is 12.4. The molecule has 2 N–H and O–H groups in total. The van der Waals surface area contributed by atoms with Gasteiger partial charge in [0, 0.05) is 19.3 Å². The van der Waals surface area contributed by atoms with E-state index in [4.69, 9.17) is 0 Å². The van der Waals surface area contributed by atoms with Gasteiger partial charge in [-0.15, -0.1) is 0 Å². The molecule has 1 aliphatic carbocycles. The van der Waals surface area contributed by atoms with E-state index < -0.39 is 0 Å². The van der Waals surface area contributed by atoms with Crippen molar-refractivity contribution >= 4 is 6.03 Å². The van der Waals surface area contributed by atoms with Crippen LogP contribution in [0.1, 0.15) is 43.0 Å². The van der Waals surface area contributed by atoms with Crippen LogP contribution in [0.2, 0.25) is 0 Å². The third-order valence-electron chi connectivity index (χ3n) is 4.66. The summed E-state index contributed by atoms with van der Waals surface area (Å²) < 4.78 is 2.03. The maximum atomic E-state index is 12.4. The van der Waals surface area contributed by atoms with Crippen LogP contribution in [0.4, 0.5) is 4.79 Å². The van der Waals surface area contributed by atoms with Gasteiger partial charge in [-0.2, -0.15) is 5.10 Å². The third-order valence-corrected chi connectivity index (χ3v) is 4.66. The van der Waals surface area contributed by atoms with Crippen molar-refractivity contribution in [1.29, 1.82) is 0 Å². The third kappa shape index (κ3) is 4.82. The van der Waals surface area contributed by atoms with Gasteiger partial charge in [-0.1, -0.05) is 43.2 Å². The first kappa shape index (κ1) is 17.5. The van der Waals surface area contributed by atoms with Crippen LogP contribution in [-0.4, -0.2) is 39.0 Å². The van der Waals surface area contributed by atoms with Crippen LogP contribution in [0.5, 0.6) is 0 Å². The minimum Gasteiger partial charge on any atom is -0.395 e. The number of aromatic nitrogens is 2. The van der Waals surface area contributed by atoms with Crippen molar-refractivity contribution in [2.75, 3.05) is 13.2 Å². The van der Waals surface area contributed by atoms with Gasteiger partial charge in [0.15, 0.2) is 0 Å². The Balaban J connectivity index is 1.54. The number of hydrogen-bond acceptors (Lipinski definition) is 3. The van der Waals surface area contributed by atoms with Gasteiger partial charge in [0.25, 0.3) is 0 Å². The molecule has 0 spiro atoms. The minimum absolute atomic E-state index is 0.0590. The molecule has 1 saturated carbocycles. The zero-order valence-corrected chi connectivity index (χ0v) is 14.5. The Morgan fingerprint density at radius 2 is 2.00 bits per heavy atom. The van der Waals surface area contributed by atoms with Gasteiger partial charge in [0.05, 0.1) is 24.9 Å². The Kier molecular flexibility index (Phi) is 6.06. The number of aliphatic hydroxyl groups is 1. The Labute approximate surface area is 148 Å². The largest absolute Gasteiger partial charge is 0.395 e. The van der Waals surface area contributed by atoms with Gasteiger partial charge < -0.3 is 15.3 Å². The molecule has 2 aromatic rings. The molecular formula is C19H26N4O2. The summed E-state index contributed by atoms with van der Waals surface area (Å²) in [6.45, 7) is 1.12. The number of benzene rings is 1. The van der Waals surface area contributed by atoms with Crippen molar-refractivity contribution in [3.05, 3.63) is 53.9 Å². The molecule has 25 heavy (non-hydrogen) atoms. The van der Waals surface area contributed by atoms with E-state index in [2.05, 4.69) is 10.4 Å². The lowest BCUT2D eigenvalue weighted by Crippen LogP contribution is -2.40. The molecule has 0 radical (unpaired) electrons. The molecule has 0 saturated heterocycles. The van der Waals surface area contributed by atoms with E-state index in [-0.39, 0.29) is 12.6 Å². The lowest BCUT2D eigenvalue weighted by Gasteiger charge is -2.22. The molecular weight excluding hydrogens is 316 g/mol. The Hall–Kier alpha value is -2.34. The fraction of sp³-hybridized carbons (Fsp3) is 0.474. The van der Waals surface area contributed by atoms with Crippen molar-refractivity contribution in [3.63, 3.8) is 0 Å². The first-order valence-corrected chi connectivity index (χ1v) is 8.98. The van der Waals surface area contributed by atoms with Crippen LogP contribution in [0.25, 0.3) is 0 Å². The Morgan fingerprint density at radius 1 is 1.24 bits per heavy atom. The smallest absolute Gasteiger partial charge is 0.318 e. The fourth-order valence-corrected chi connectivity index (χ4v) is 3.30. The van der Waals surface area contributed by atoms with Crippen molar-refractivity contribution in [1.82, 2.24) is 20.0 Å². The molecule has 1 heterocycles. The first-order valence-electron chi connectivity index (χ1n) is 8.98. The Bertz CT molecular complexity index is 665. The molecule has 0 bridgehead atoms. The van der Waals surface area contributed by atoms with Crippen LogP contribution < -0.4 is 5.32 Å². The summed E-state index contributed by atoms with van der Waals surface area (Å²) in [6.07, 6.45) is 6.93. The number of rotatable bonds is 7. The predicted octanol–water partition coefficient (Wildman–Crippen LogP) is 2.70. The highest BCUT2D eigenvalue weighted by atomic mass is 16.3. The molecule has 6 nitrogen and oxygen atoms in total. The molecule has 6 heteroatoms. The van der Waals surface area contributed by atoms with Crippen LogP contribution >= 0.6 is 0 Å². The predicted molar refractivity (Wildman–Crippen MR) is 95.9 cm³/mol. The zero-order valence-electron chi connectivity index (χ0n) is 14.5. The summed E-state index contributed by atoms with van der Waals surface area (Å²) in [6, 6.07) is 12.1. The van der Waals surface area contributed by atoms with Crippen molar-refractivity contribution in [3.8, 4) is 0 Å². The van der Waals surface area contributed by atoms with E-state index >= 15 is 0 Å². The summed E-state index contributed by atoms with van der Waals surface area (Å²) in [5.41, 5.74) is 1.90. The van der Waals surface area contributed by atoms with Crippen molar-refractivity contribution in [2.45, 2.75) is 44.8 Å². The van der Waals surface area contributed by atoms with E-state index in [9.17, 15) is 9.90 Å². The lowest BCUT2D eigenvalue weighted by molar-refractivity contribution is 0.173. The topological polar surface area (TPSA) is 70.4 Å². The van der Waals surface area contributed by atoms with Crippen molar-refractivity contribution < 1.29 is 9.90 Å². The van der Waals surface area contributed by atoms with Gasteiger partial charge in [-0.3, -0.25) is 4.68 Å². The monoisotopic (exact) mass is 342 g/mol. The first-order chi connectivity index (χ1) is 12.3. The molecule has 1 aromatic heterocycles. The Morgan fingerprint density at radius 3 is 2.72 bits per heavy atom. The van der Waals surface area contributed by atoms with Gasteiger partial charge in [-0.25, -0.2) is 4.79 Å². The highest BCUT2D eigenvalue weighted by Crippen LogP contribution is 2.28. The summed E-state index contributed by atoms with van der Waals surface area (Å²) in [5.74, 6) is 0. The summed E-state index contributed by atoms with van der Waals surface area (Å²) in [7, 11) is 0. The van der Waals surface area contributed by atoms with E-state index in [1.165, 1.54) is 25.7 Å². The highest BCUT2D eigenvalue weighted by molar-refractivity contribution is 5.74. The second kappa shape index (κ2) is 8.67. The minimum atomic E-state index is -0.187. The van der Waals surface area contributed by atoms with E-state index in [1.807, 2.05) is 47.3 Å². The van der Waals surface area contributed by atoms with Crippen LogP contribution in [0.3, 0.4) is 0 Å². The van der Waals surface area contributed by atoms with E-state index in [0.29, 0.717) is 25.7 Å². The SMILES string of the molecule is O=C(NCc1ccn(C2CCCC2)n1)N(CCO)Cc1ccccc1. The van der Waals surface area contributed by atoms with Crippen LogP contribution in [0, 0.1) is 0 Å². The number of amides is 2. The molecule has 0 aliphatic heterocycles. The fourth-order valence-electron chi connectivity index (χ4n) is 3.30. The number of nitrogens with zero attached hydrogens (tertiary/aromatic N) is 3. The molecule has 1 aliphatic rings. The summed E-state index contributed by atoms with van der Waals surface area (Å²) in [5, 5.41) is 16.7. The van der Waals surface area contributed by atoms with Crippen molar-refractivity contribution in [2.24, 2.45) is 0 Å². The van der Waals surface area contributed by atoms with Gasteiger partial charge in [0.2, 0.25) is 0 Å². The van der Waals surface area contributed by atoms with E-state index in [1.54, 1.807) is 4.90 Å². The molecule has 3 rings (SSSR count). The van der Waals surface area contributed by atoms with Crippen LogP contribution in [0.15, 0.2) is 42.6 Å². The van der Waals surface area contributed by atoms with Gasteiger partial charge in [-0.05, 0) is 24.5 Å². The highest BCUT2D eigenvalue weighted by Gasteiger charge is 2.18. The zero-order chi connectivity index (χ0) is 17.5. The van der Waals surface area contributed by atoms with E-state index in [0.717, 1.165) is 11.3 Å². The standard InChI is InChI=1S/C19H26N4O2/c24-13-12-22(15-16-6-2-1-3-7-16)19(25)20-14-17-10-11-23(21-17)18-8-4-5-9-18/h1-3,6-7,10-11,18,24H,4-5,8-9,12-15H2,(H,20,25). The second-order valence-electron chi connectivity index (χ2n) is 6.51. The molecule has 0 atom stereocenters. The summed E-state index contributed by atoms with van der Waals surface area (Å²) in [4.78, 5) is 14.1. The molecule has 2 amide bonds. The van der Waals surface area contributed by atoms with Gasteiger partial charge >= 0.3 is 6.03 Å². The number of aliphatic hydroxyl groups excluding tert-OH is 1. The second-order valence-corrected chi connectivity index (χ2v) is 6.51. The van der Waals surface area contributed by atoms with Gasteiger partial charge in [0.1, 0.15) is 0 Å². The molecule has 1 aromatic carbocycles. The molecule has 1 fully saturated rings. The normalized spacial score (nSPS) is 14.6. The number of carbonyl (C=O) groups is 1. The number of carbonyl (C=O) groups excluding carboxylic acids is 1. The number of urea groups is 1. The number of nitrogens with one attached hydrogen (secondary N) is 1. The summed E-state index contributed by atoms with van der Waals surface area (Å²) >= 11 is 0.